The highest BCUT2D eigenvalue weighted by Crippen LogP contribution is 2.32. The SMILES string of the molecule is COc1ccc(-c2cc(C(F)(F)F)n3nc(C(=O)Nc4ccc(C)c(Cl)c4)nc3n2)cc1. The highest BCUT2D eigenvalue weighted by atomic mass is 35.5. The Morgan fingerprint density at radius 3 is 2.44 bits per heavy atom. The normalized spacial score (nSPS) is 11.6. The molecule has 11 heteroatoms. The van der Waals surface area contributed by atoms with E-state index in [2.05, 4.69) is 20.4 Å². The van der Waals surface area contributed by atoms with Crippen molar-refractivity contribution >= 4 is 29.0 Å². The maximum atomic E-state index is 13.7. The number of halogens is 4. The lowest BCUT2D eigenvalue weighted by molar-refractivity contribution is -0.142. The Labute approximate surface area is 184 Å². The number of hydrogen-bond acceptors (Lipinski definition) is 5. The van der Waals surface area contributed by atoms with Gasteiger partial charge < -0.3 is 10.1 Å². The molecule has 4 aromatic rings. The van der Waals surface area contributed by atoms with Crippen molar-refractivity contribution < 1.29 is 22.7 Å². The molecule has 0 unspecified atom stereocenters. The lowest BCUT2D eigenvalue weighted by atomic mass is 10.1. The number of carbonyl (C=O) groups excluding carboxylic acids is 1. The first-order valence-corrected chi connectivity index (χ1v) is 9.60. The van der Waals surface area contributed by atoms with Gasteiger partial charge in [0.25, 0.3) is 11.7 Å². The van der Waals surface area contributed by atoms with E-state index in [4.69, 9.17) is 16.3 Å². The van der Waals surface area contributed by atoms with Crippen molar-refractivity contribution in [1.82, 2.24) is 19.6 Å². The molecule has 0 aliphatic rings. The number of amides is 1. The number of nitrogens with one attached hydrogen (secondary N) is 1. The van der Waals surface area contributed by atoms with Crippen LogP contribution in [0.25, 0.3) is 17.0 Å². The largest absolute Gasteiger partial charge is 0.497 e. The molecule has 2 aromatic heterocycles. The zero-order chi connectivity index (χ0) is 23.0. The summed E-state index contributed by atoms with van der Waals surface area (Å²) in [6.07, 6.45) is -4.76. The van der Waals surface area contributed by atoms with Gasteiger partial charge >= 0.3 is 6.18 Å². The third kappa shape index (κ3) is 4.22. The van der Waals surface area contributed by atoms with Crippen molar-refractivity contribution in [2.75, 3.05) is 12.4 Å². The Hall–Kier alpha value is -3.66. The Balaban J connectivity index is 1.75. The fraction of sp³-hybridized carbons (Fsp3) is 0.143. The summed E-state index contributed by atoms with van der Waals surface area (Å²) in [6.45, 7) is 1.79. The van der Waals surface area contributed by atoms with Crippen molar-refractivity contribution in [2.45, 2.75) is 13.1 Å². The second kappa shape index (κ2) is 8.12. The van der Waals surface area contributed by atoms with E-state index in [0.717, 1.165) is 11.6 Å². The van der Waals surface area contributed by atoms with Gasteiger partial charge in [0.2, 0.25) is 5.82 Å². The van der Waals surface area contributed by atoms with E-state index in [9.17, 15) is 18.0 Å². The molecule has 4 rings (SSSR count). The number of benzene rings is 2. The topological polar surface area (TPSA) is 81.4 Å². The monoisotopic (exact) mass is 461 g/mol. The van der Waals surface area contributed by atoms with Crippen LogP contribution in [0.1, 0.15) is 21.9 Å². The number of aromatic nitrogens is 4. The quantitative estimate of drug-likeness (QED) is 0.461. The van der Waals surface area contributed by atoms with E-state index in [1.807, 2.05) is 0 Å². The minimum absolute atomic E-state index is 0.0251. The summed E-state index contributed by atoms with van der Waals surface area (Å²) in [5.41, 5.74) is 0.491. The van der Waals surface area contributed by atoms with Crippen molar-refractivity contribution in [2.24, 2.45) is 0 Å². The van der Waals surface area contributed by atoms with Crippen LogP contribution in [0, 0.1) is 6.92 Å². The molecule has 0 saturated carbocycles. The molecule has 1 amide bonds. The maximum Gasteiger partial charge on any atom is 0.433 e. The van der Waals surface area contributed by atoms with E-state index in [-0.39, 0.29) is 11.5 Å². The molecule has 0 radical (unpaired) electrons. The van der Waals surface area contributed by atoms with E-state index in [1.165, 1.54) is 13.2 Å². The van der Waals surface area contributed by atoms with Gasteiger partial charge in [-0.05, 0) is 55.0 Å². The lowest BCUT2D eigenvalue weighted by Crippen LogP contribution is -2.16. The summed E-state index contributed by atoms with van der Waals surface area (Å²) in [4.78, 5) is 20.6. The predicted octanol–water partition coefficient (Wildman–Crippen LogP) is 5.03. The molecule has 32 heavy (non-hydrogen) atoms. The van der Waals surface area contributed by atoms with Crippen LogP contribution in [0.4, 0.5) is 18.9 Å². The number of ether oxygens (including phenoxy) is 1. The molecule has 2 aromatic carbocycles. The van der Waals surface area contributed by atoms with Crippen molar-refractivity contribution in [3.05, 3.63) is 70.6 Å². The number of alkyl halides is 3. The molecule has 7 nitrogen and oxygen atoms in total. The second-order valence-electron chi connectivity index (χ2n) is 6.82. The van der Waals surface area contributed by atoms with Crippen LogP contribution in [0.15, 0.2) is 48.5 Å². The number of hydrogen-bond donors (Lipinski definition) is 1. The average molecular weight is 462 g/mol. The van der Waals surface area contributed by atoms with Gasteiger partial charge in [-0.3, -0.25) is 4.79 Å². The van der Waals surface area contributed by atoms with E-state index < -0.39 is 23.6 Å². The van der Waals surface area contributed by atoms with Gasteiger partial charge in [-0.1, -0.05) is 17.7 Å². The summed E-state index contributed by atoms with van der Waals surface area (Å²) in [5.74, 6) is -1.08. The van der Waals surface area contributed by atoms with Gasteiger partial charge in [-0.15, -0.1) is 5.10 Å². The Morgan fingerprint density at radius 1 is 1.09 bits per heavy atom. The fourth-order valence-corrected chi connectivity index (χ4v) is 3.11. The number of nitrogens with zero attached hydrogens (tertiary/aromatic N) is 4. The third-order valence-corrected chi connectivity index (χ3v) is 5.03. The van der Waals surface area contributed by atoms with Crippen molar-refractivity contribution in [3.8, 4) is 17.0 Å². The fourth-order valence-electron chi connectivity index (χ4n) is 2.93. The summed E-state index contributed by atoms with van der Waals surface area (Å²) in [6, 6.07) is 12.0. The lowest BCUT2D eigenvalue weighted by Gasteiger charge is -2.10. The van der Waals surface area contributed by atoms with Crippen LogP contribution < -0.4 is 10.1 Å². The number of anilines is 1. The zero-order valence-corrected chi connectivity index (χ0v) is 17.5. The molecule has 0 spiro atoms. The van der Waals surface area contributed by atoms with Gasteiger partial charge in [-0.2, -0.15) is 22.7 Å². The molecule has 0 fully saturated rings. The molecule has 0 atom stereocenters. The van der Waals surface area contributed by atoms with E-state index in [0.29, 0.717) is 26.5 Å². The van der Waals surface area contributed by atoms with Gasteiger partial charge in [-0.25, -0.2) is 4.98 Å². The number of aryl methyl sites for hydroxylation is 1. The van der Waals surface area contributed by atoms with Gasteiger partial charge in [0.05, 0.1) is 12.8 Å². The molecule has 164 valence electrons. The number of methoxy groups -OCH3 is 1. The zero-order valence-electron chi connectivity index (χ0n) is 16.7. The molecule has 2 heterocycles. The molecular weight excluding hydrogens is 447 g/mol. The molecule has 1 N–H and O–H groups in total. The first-order valence-electron chi connectivity index (χ1n) is 9.22. The number of carbonyl (C=O) groups is 1. The van der Waals surface area contributed by atoms with Crippen molar-refractivity contribution in [3.63, 3.8) is 0 Å². The van der Waals surface area contributed by atoms with Crippen LogP contribution in [0.3, 0.4) is 0 Å². The number of fused-ring (bicyclic) bond motifs is 1. The number of rotatable bonds is 4. The highest BCUT2D eigenvalue weighted by molar-refractivity contribution is 6.31. The van der Waals surface area contributed by atoms with Crippen LogP contribution in [0.2, 0.25) is 5.02 Å². The van der Waals surface area contributed by atoms with Gasteiger partial charge in [0, 0.05) is 16.3 Å². The second-order valence-corrected chi connectivity index (χ2v) is 7.23. The van der Waals surface area contributed by atoms with E-state index >= 15 is 0 Å². The first-order chi connectivity index (χ1) is 15.2. The summed E-state index contributed by atoms with van der Waals surface area (Å²) in [5, 5.41) is 6.68. The standard InChI is InChI=1S/C21H15ClF3N5O2/c1-11-3-6-13(9-15(11)22)26-19(31)18-28-20-27-16(12-4-7-14(32-2)8-5-12)10-17(21(23,24)25)30(20)29-18/h3-10H,1-2H3,(H,26,31). The van der Waals surface area contributed by atoms with Crippen molar-refractivity contribution in [1.29, 1.82) is 0 Å². The minimum Gasteiger partial charge on any atom is -0.497 e. The van der Waals surface area contributed by atoms with Crippen LogP contribution in [0.5, 0.6) is 5.75 Å². The Morgan fingerprint density at radius 2 is 1.81 bits per heavy atom. The third-order valence-electron chi connectivity index (χ3n) is 4.62. The van der Waals surface area contributed by atoms with Gasteiger partial charge in [0.1, 0.15) is 5.75 Å². The molecule has 0 saturated heterocycles. The maximum absolute atomic E-state index is 13.7. The Kier molecular flexibility index (Phi) is 5.47. The summed E-state index contributed by atoms with van der Waals surface area (Å²) in [7, 11) is 1.48. The predicted molar refractivity (Wildman–Crippen MR) is 112 cm³/mol. The average Bonchev–Trinajstić information content (AvgIpc) is 3.19. The van der Waals surface area contributed by atoms with Crippen LogP contribution >= 0.6 is 11.6 Å². The molecule has 0 bridgehead atoms. The molecular formula is C21H15ClF3N5O2. The first kappa shape index (κ1) is 21.6. The molecule has 0 aliphatic carbocycles. The van der Waals surface area contributed by atoms with Crippen LogP contribution in [-0.4, -0.2) is 32.6 Å². The Bertz CT molecular complexity index is 1320. The van der Waals surface area contributed by atoms with Gasteiger partial charge in [0.15, 0.2) is 5.69 Å². The highest BCUT2D eigenvalue weighted by Gasteiger charge is 2.36. The van der Waals surface area contributed by atoms with E-state index in [1.54, 1.807) is 43.3 Å². The van der Waals surface area contributed by atoms with Crippen LogP contribution in [-0.2, 0) is 6.18 Å². The smallest absolute Gasteiger partial charge is 0.433 e. The molecule has 0 aliphatic heterocycles. The summed E-state index contributed by atoms with van der Waals surface area (Å²) < 4.78 is 46.7. The summed E-state index contributed by atoms with van der Waals surface area (Å²) >= 11 is 6.04. The minimum atomic E-state index is -4.76.